The molecule has 2 heteroatoms. The average molecular weight is 113 g/mol. The van der Waals surface area contributed by atoms with Crippen LogP contribution in [0.25, 0.3) is 0 Å². The van der Waals surface area contributed by atoms with Gasteiger partial charge >= 0.3 is 0 Å². The van der Waals surface area contributed by atoms with E-state index in [1.165, 1.54) is 6.08 Å². The smallest absolute Gasteiger partial charge is 0.208 e. The summed E-state index contributed by atoms with van der Waals surface area (Å²) in [6, 6.07) is 0. The molecule has 44 valence electrons. The van der Waals surface area contributed by atoms with Gasteiger partial charge in [-0.2, -0.15) is 4.39 Å². The molecule has 1 aliphatic rings. The Morgan fingerprint density at radius 3 is 2.88 bits per heavy atom. The van der Waals surface area contributed by atoms with E-state index >= 15 is 0 Å². The van der Waals surface area contributed by atoms with Crippen LogP contribution in [0.3, 0.4) is 0 Å². The highest BCUT2D eigenvalue weighted by Crippen LogP contribution is 2.06. The first kappa shape index (κ1) is 5.48. The molecular weight excluding hydrogens is 105 g/mol. The summed E-state index contributed by atoms with van der Waals surface area (Å²) in [6.45, 7) is 2.53. The quantitative estimate of drug-likeness (QED) is 0.453. The molecule has 0 bridgehead atoms. The molecule has 0 aromatic rings. The van der Waals surface area contributed by atoms with E-state index < -0.39 is 0 Å². The van der Waals surface area contributed by atoms with Crippen molar-refractivity contribution in [2.75, 3.05) is 6.54 Å². The summed E-state index contributed by atoms with van der Waals surface area (Å²) in [5, 5.41) is 0. The Kier molecular flexibility index (Phi) is 1.42. The van der Waals surface area contributed by atoms with E-state index in [0.717, 1.165) is 12.0 Å². The zero-order chi connectivity index (χ0) is 5.98. The standard InChI is InChI=1S/C6H8FN/c1-5-2-3-8-6(7)4-5/h4H,2-3H2,1H3. The van der Waals surface area contributed by atoms with Gasteiger partial charge in [0.05, 0.1) is 0 Å². The minimum atomic E-state index is -0.325. The molecule has 0 atom stereocenters. The largest absolute Gasteiger partial charge is 0.258 e. The zero-order valence-corrected chi connectivity index (χ0v) is 4.82. The SMILES string of the molecule is CC1=CC(F)=NCC1. The molecule has 0 amide bonds. The summed E-state index contributed by atoms with van der Waals surface area (Å²) >= 11 is 0. The minimum absolute atomic E-state index is 0.325. The second-order valence-corrected chi connectivity index (χ2v) is 1.95. The second kappa shape index (κ2) is 2.07. The number of rotatable bonds is 0. The van der Waals surface area contributed by atoms with Crippen molar-refractivity contribution in [3.63, 3.8) is 0 Å². The van der Waals surface area contributed by atoms with Crippen molar-refractivity contribution in [1.29, 1.82) is 0 Å². The number of allylic oxidation sites excluding steroid dienone is 1. The molecule has 0 fully saturated rings. The highest BCUT2D eigenvalue weighted by molar-refractivity contribution is 5.87. The normalized spacial score (nSPS) is 19.8. The third kappa shape index (κ3) is 1.15. The molecule has 0 aromatic carbocycles. The molecule has 1 rings (SSSR count). The molecule has 0 saturated carbocycles. The van der Waals surface area contributed by atoms with E-state index in [-0.39, 0.29) is 5.97 Å². The van der Waals surface area contributed by atoms with E-state index in [1.54, 1.807) is 0 Å². The van der Waals surface area contributed by atoms with Gasteiger partial charge in [0.25, 0.3) is 0 Å². The van der Waals surface area contributed by atoms with Crippen LogP contribution >= 0.6 is 0 Å². The Labute approximate surface area is 47.9 Å². The lowest BCUT2D eigenvalue weighted by atomic mass is 10.2. The third-order valence-electron chi connectivity index (χ3n) is 1.13. The number of dihydropyridines is 1. The predicted octanol–water partition coefficient (Wildman–Crippen LogP) is 1.70. The highest BCUT2D eigenvalue weighted by Gasteiger charge is 1.99. The van der Waals surface area contributed by atoms with Crippen molar-refractivity contribution in [3.05, 3.63) is 11.6 Å². The predicted molar refractivity (Wildman–Crippen MR) is 31.8 cm³/mol. The molecule has 0 aliphatic carbocycles. The summed E-state index contributed by atoms with van der Waals surface area (Å²) in [6.07, 6.45) is 2.39. The molecule has 0 aromatic heterocycles. The van der Waals surface area contributed by atoms with Crippen LogP contribution in [0.2, 0.25) is 0 Å². The maximum Gasteiger partial charge on any atom is 0.208 e. The van der Waals surface area contributed by atoms with Gasteiger partial charge in [-0.15, -0.1) is 0 Å². The van der Waals surface area contributed by atoms with Crippen LogP contribution in [0, 0.1) is 0 Å². The first-order valence-corrected chi connectivity index (χ1v) is 2.66. The molecule has 1 aliphatic heterocycles. The lowest BCUT2D eigenvalue weighted by Crippen LogP contribution is -1.96. The molecule has 0 spiro atoms. The number of nitrogens with zero attached hydrogens (tertiary/aromatic N) is 1. The van der Waals surface area contributed by atoms with Crippen molar-refractivity contribution in [2.45, 2.75) is 13.3 Å². The van der Waals surface area contributed by atoms with Gasteiger partial charge in [-0.3, -0.25) is 4.99 Å². The number of hydrogen-bond donors (Lipinski definition) is 0. The monoisotopic (exact) mass is 113 g/mol. The number of halogens is 1. The highest BCUT2D eigenvalue weighted by atomic mass is 19.1. The summed E-state index contributed by atoms with van der Waals surface area (Å²) in [5.41, 5.74) is 1.08. The van der Waals surface area contributed by atoms with Crippen molar-refractivity contribution in [1.82, 2.24) is 0 Å². The second-order valence-electron chi connectivity index (χ2n) is 1.95. The van der Waals surface area contributed by atoms with Gasteiger partial charge < -0.3 is 0 Å². The van der Waals surface area contributed by atoms with E-state index in [1.807, 2.05) is 6.92 Å². The Morgan fingerprint density at radius 1 is 1.75 bits per heavy atom. The first-order chi connectivity index (χ1) is 3.79. The van der Waals surface area contributed by atoms with Gasteiger partial charge in [-0.1, -0.05) is 5.57 Å². The maximum atomic E-state index is 12.1. The van der Waals surface area contributed by atoms with Crippen LogP contribution in [-0.4, -0.2) is 12.5 Å². The van der Waals surface area contributed by atoms with E-state index in [4.69, 9.17) is 0 Å². The lowest BCUT2D eigenvalue weighted by molar-refractivity contribution is 0.776. The summed E-state index contributed by atoms with van der Waals surface area (Å²) in [7, 11) is 0. The number of aliphatic imine (C=N–C) groups is 1. The average Bonchev–Trinajstić information content (AvgIpc) is 1.64. The molecular formula is C6H8FN. The minimum Gasteiger partial charge on any atom is -0.258 e. The number of hydrogen-bond acceptors (Lipinski definition) is 1. The van der Waals surface area contributed by atoms with E-state index in [2.05, 4.69) is 4.99 Å². The van der Waals surface area contributed by atoms with Crippen LogP contribution in [0.5, 0.6) is 0 Å². The Hall–Kier alpha value is -0.660. The topological polar surface area (TPSA) is 12.4 Å². The van der Waals surface area contributed by atoms with E-state index in [9.17, 15) is 4.39 Å². The third-order valence-corrected chi connectivity index (χ3v) is 1.13. The summed E-state index contributed by atoms with van der Waals surface area (Å²) in [4.78, 5) is 3.55. The fraction of sp³-hybridized carbons (Fsp3) is 0.500. The van der Waals surface area contributed by atoms with Crippen molar-refractivity contribution < 1.29 is 4.39 Å². The lowest BCUT2D eigenvalue weighted by Gasteiger charge is -2.01. The van der Waals surface area contributed by atoms with Gasteiger partial charge in [0.2, 0.25) is 5.97 Å². The van der Waals surface area contributed by atoms with Gasteiger partial charge in [-0.25, -0.2) is 0 Å². The van der Waals surface area contributed by atoms with Crippen LogP contribution in [-0.2, 0) is 0 Å². The van der Waals surface area contributed by atoms with Gasteiger partial charge in [0.15, 0.2) is 0 Å². The van der Waals surface area contributed by atoms with Gasteiger partial charge in [0.1, 0.15) is 0 Å². The fourth-order valence-corrected chi connectivity index (χ4v) is 0.660. The molecule has 1 nitrogen and oxygen atoms in total. The van der Waals surface area contributed by atoms with Gasteiger partial charge in [0, 0.05) is 6.54 Å². The van der Waals surface area contributed by atoms with Crippen LogP contribution < -0.4 is 0 Å². The van der Waals surface area contributed by atoms with Crippen LogP contribution in [0.1, 0.15) is 13.3 Å². The molecule has 8 heavy (non-hydrogen) atoms. The molecule has 1 heterocycles. The van der Waals surface area contributed by atoms with Crippen molar-refractivity contribution in [2.24, 2.45) is 4.99 Å². The van der Waals surface area contributed by atoms with Crippen LogP contribution in [0.15, 0.2) is 16.6 Å². The fourth-order valence-electron chi connectivity index (χ4n) is 0.660. The molecule has 0 unspecified atom stereocenters. The van der Waals surface area contributed by atoms with Gasteiger partial charge in [-0.05, 0) is 19.4 Å². The molecule has 0 radical (unpaired) electrons. The Balaban J connectivity index is 2.69. The Morgan fingerprint density at radius 2 is 2.50 bits per heavy atom. The molecule has 0 N–H and O–H groups in total. The molecule has 0 saturated heterocycles. The zero-order valence-electron chi connectivity index (χ0n) is 4.82. The summed E-state index contributed by atoms with van der Waals surface area (Å²) in [5.74, 6) is -0.325. The van der Waals surface area contributed by atoms with Crippen molar-refractivity contribution in [3.8, 4) is 0 Å². The van der Waals surface area contributed by atoms with E-state index in [0.29, 0.717) is 6.54 Å². The van der Waals surface area contributed by atoms with Crippen molar-refractivity contribution >= 4 is 5.97 Å². The summed E-state index contributed by atoms with van der Waals surface area (Å²) < 4.78 is 12.1. The van der Waals surface area contributed by atoms with Crippen LogP contribution in [0.4, 0.5) is 4.39 Å². The first-order valence-electron chi connectivity index (χ1n) is 2.66. The Bertz CT molecular complexity index is 147. The maximum absolute atomic E-state index is 12.1.